The van der Waals surface area contributed by atoms with Crippen molar-refractivity contribution in [2.24, 2.45) is 0 Å². The Morgan fingerprint density at radius 1 is 1.10 bits per heavy atom. The minimum absolute atomic E-state index is 0.0189. The molecule has 0 spiro atoms. The molecule has 0 bridgehead atoms. The average Bonchev–Trinajstić information content (AvgIpc) is 3.08. The Morgan fingerprint density at radius 2 is 1.74 bits per heavy atom. The summed E-state index contributed by atoms with van der Waals surface area (Å²) in [7, 11) is -2.06. The number of sulfonamides is 1. The SMILES string of the molecule is COc1ccc(N2CCN(S(=O)(=O)c3cc4c(cc3Br)CC(C)N4C(C)=O)CC2)cc1. The molecule has 4 rings (SSSR count). The number of ether oxygens (including phenoxy) is 1. The Kier molecular flexibility index (Phi) is 6.02. The summed E-state index contributed by atoms with van der Waals surface area (Å²) in [5, 5.41) is 0. The van der Waals surface area contributed by atoms with E-state index in [1.807, 2.05) is 37.3 Å². The topological polar surface area (TPSA) is 70.2 Å². The van der Waals surface area contributed by atoms with Crippen molar-refractivity contribution in [2.75, 3.05) is 43.1 Å². The van der Waals surface area contributed by atoms with Crippen molar-refractivity contribution in [2.45, 2.75) is 31.2 Å². The molecular formula is C22H26BrN3O4S. The largest absolute Gasteiger partial charge is 0.497 e. The van der Waals surface area contributed by atoms with Crippen molar-refractivity contribution in [1.29, 1.82) is 0 Å². The number of amides is 1. The third-order valence-electron chi connectivity index (χ3n) is 5.98. The molecular weight excluding hydrogens is 482 g/mol. The minimum Gasteiger partial charge on any atom is -0.497 e. The van der Waals surface area contributed by atoms with E-state index in [0.717, 1.165) is 17.0 Å². The molecule has 2 heterocycles. The van der Waals surface area contributed by atoms with Crippen molar-refractivity contribution in [1.82, 2.24) is 4.31 Å². The number of rotatable bonds is 4. The van der Waals surface area contributed by atoms with E-state index in [0.29, 0.717) is 42.8 Å². The van der Waals surface area contributed by atoms with Crippen molar-refractivity contribution in [3.8, 4) is 5.75 Å². The van der Waals surface area contributed by atoms with Gasteiger partial charge in [0.2, 0.25) is 15.9 Å². The molecule has 2 aromatic carbocycles. The van der Waals surface area contributed by atoms with E-state index >= 15 is 0 Å². The molecule has 0 saturated carbocycles. The summed E-state index contributed by atoms with van der Waals surface area (Å²) < 4.78 is 34.2. The number of carbonyl (C=O) groups is 1. The molecule has 166 valence electrons. The molecule has 2 aromatic rings. The number of piperazine rings is 1. The average molecular weight is 508 g/mol. The summed E-state index contributed by atoms with van der Waals surface area (Å²) >= 11 is 3.46. The van der Waals surface area contributed by atoms with E-state index in [4.69, 9.17) is 4.74 Å². The van der Waals surface area contributed by atoms with Crippen LogP contribution in [0.3, 0.4) is 0 Å². The highest BCUT2D eigenvalue weighted by atomic mass is 79.9. The number of hydrogen-bond acceptors (Lipinski definition) is 5. The molecule has 9 heteroatoms. The summed E-state index contributed by atoms with van der Waals surface area (Å²) in [5.74, 6) is 0.713. The Balaban J connectivity index is 1.55. The number of benzene rings is 2. The third kappa shape index (κ3) is 4.06. The van der Waals surface area contributed by atoms with Gasteiger partial charge in [0.05, 0.1) is 12.0 Å². The van der Waals surface area contributed by atoms with E-state index in [2.05, 4.69) is 20.8 Å². The molecule has 0 aromatic heterocycles. The molecule has 0 aliphatic carbocycles. The van der Waals surface area contributed by atoms with E-state index < -0.39 is 10.0 Å². The highest BCUT2D eigenvalue weighted by Gasteiger charge is 2.35. The number of methoxy groups -OCH3 is 1. The lowest BCUT2D eigenvalue weighted by molar-refractivity contribution is -0.116. The highest BCUT2D eigenvalue weighted by Crippen LogP contribution is 2.39. The molecule has 1 amide bonds. The van der Waals surface area contributed by atoms with Crippen LogP contribution in [0.4, 0.5) is 11.4 Å². The van der Waals surface area contributed by atoms with E-state index in [9.17, 15) is 13.2 Å². The standard InChI is InChI=1S/C22H26BrN3O4S/c1-15-12-17-13-20(23)22(14-21(17)26(15)16(2)27)31(28,29)25-10-8-24(9-11-25)18-4-6-19(30-3)7-5-18/h4-7,13-15H,8-12H2,1-3H3. The zero-order valence-corrected chi connectivity index (χ0v) is 20.2. The molecule has 0 radical (unpaired) electrons. The number of carbonyl (C=O) groups excluding carboxylic acids is 1. The maximum absolute atomic E-state index is 13.5. The summed E-state index contributed by atoms with van der Waals surface area (Å²) in [4.78, 5) is 16.2. The number of nitrogens with zero attached hydrogens (tertiary/aromatic N) is 3. The van der Waals surface area contributed by atoms with Crippen LogP contribution in [0, 0.1) is 0 Å². The molecule has 7 nitrogen and oxygen atoms in total. The maximum Gasteiger partial charge on any atom is 0.244 e. The first-order chi connectivity index (χ1) is 14.7. The zero-order valence-electron chi connectivity index (χ0n) is 17.8. The molecule has 1 fully saturated rings. The van der Waals surface area contributed by atoms with Gasteiger partial charge in [-0.25, -0.2) is 8.42 Å². The first-order valence-electron chi connectivity index (χ1n) is 10.2. The molecule has 31 heavy (non-hydrogen) atoms. The zero-order chi connectivity index (χ0) is 22.3. The van der Waals surface area contributed by atoms with E-state index in [1.54, 1.807) is 18.1 Å². The smallest absolute Gasteiger partial charge is 0.244 e. The van der Waals surface area contributed by atoms with E-state index in [1.165, 1.54) is 11.2 Å². The molecule has 1 saturated heterocycles. The number of halogens is 1. The van der Waals surface area contributed by atoms with Gasteiger partial charge in [-0.15, -0.1) is 0 Å². The second-order valence-corrected chi connectivity index (χ2v) is 10.7. The van der Waals surface area contributed by atoms with Crippen molar-refractivity contribution < 1.29 is 17.9 Å². The monoisotopic (exact) mass is 507 g/mol. The van der Waals surface area contributed by atoms with Crippen molar-refractivity contribution >= 4 is 43.2 Å². The van der Waals surface area contributed by atoms with Crippen molar-refractivity contribution in [3.05, 3.63) is 46.4 Å². The summed E-state index contributed by atoms with van der Waals surface area (Å²) in [6.45, 7) is 5.48. The lowest BCUT2D eigenvalue weighted by Crippen LogP contribution is -2.48. The van der Waals surface area contributed by atoms with Gasteiger partial charge < -0.3 is 14.5 Å². The van der Waals surface area contributed by atoms with Crippen LogP contribution in [0.15, 0.2) is 45.8 Å². The Morgan fingerprint density at radius 3 is 2.32 bits per heavy atom. The minimum atomic E-state index is -3.70. The Labute approximate surface area is 191 Å². The van der Waals surface area contributed by atoms with Crippen LogP contribution in [0.5, 0.6) is 5.75 Å². The van der Waals surface area contributed by atoms with Gasteiger partial charge in [0.15, 0.2) is 0 Å². The van der Waals surface area contributed by atoms with Crippen LogP contribution in [0.25, 0.3) is 0 Å². The lowest BCUT2D eigenvalue weighted by atomic mass is 10.1. The van der Waals surface area contributed by atoms with Crippen LogP contribution >= 0.6 is 15.9 Å². The lowest BCUT2D eigenvalue weighted by Gasteiger charge is -2.35. The van der Waals surface area contributed by atoms with Gasteiger partial charge in [-0.1, -0.05) is 0 Å². The Hall–Kier alpha value is -2.10. The molecule has 2 aliphatic heterocycles. The predicted octanol–water partition coefficient (Wildman–Crippen LogP) is 3.27. The summed E-state index contributed by atoms with van der Waals surface area (Å²) in [5.41, 5.74) is 2.72. The van der Waals surface area contributed by atoms with Gasteiger partial charge in [-0.3, -0.25) is 4.79 Å². The number of anilines is 2. The van der Waals surface area contributed by atoms with Gasteiger partial charge in [0.25, 0.3) is 0 Å². The molecule has 1 atom stereocenters. The second kappa shape index (κ2) is 8.44. The second-order valence-electron chi connectivity index (χ2n) is 7.94. The fourth-order valence-electron chi connectivity index (χ4n) is 4.42. The van der Waals surface area contributed by atoms with Crippen LogP contribution in [-0.2, 0) is 21.2 Å². The van der Waals surface area contributed by atoms with Crippen LogP contribution < -0.4 is 14.5 Å². The predicted molar refractivity (Wildman–Crippen MR) is 124 cm³/mol. The first-order valence-corrected chi connectivity index (χ1v) is 12.5. The fourth-order valence-corrected chi connectivity index (χ4v) is 6.91. The van der Waals surface area contributed by atoms with Crippen LogP contribution in [0.1, 0.15) is 19.4 Å². The molecule has 0 N–H and O–H groups in total. The summed E-state index contributed by atoms with van der Waals surface area (Å²) in [6, 6.07) is 11.3. The third-order valence-corrected chi connectivity index (χ3v) is 8.84. The molecule has 2 aliphatic rings. The van der Waals surface area contributed by atoms with Gasteiger partial charge in [0, 0.05) is 55.0 Å². The highest BCUT2D eigenvalue weighted by molar-refractivity contribution is 9.10. The molecule has 1 unspecified atom stereocenters. The van der Waals surface area contributed by atoms with Crippen LogP contribution in [-0.4, -0.2) is 58.0 Å². The maximum atomic E-state index is 13.5. The first kappa shape index (κ1) is 22.1. The van der Waals surface area contributed by atoms with E-state index in [-0.39, 0.29) is 16.8 Å². The number of fused-ring (bicyclic) bond motifs is 1. The van der Waals surface area contributed by atoms with Gasteiger partial charge in [-0.05, 0) is 71.2 Å². The fraction of sp³-hybridized carbons (Fsp3) is 0.409. The normalized spacial score (nSPS) is 19.4. The summed E-state index contributed by atoms with van der Waals surface area (Å²) in [6.07, 6.45) is 0.717. The van der Waals surface area contributed by atoms with Gasteiger partial charge in [-0.2, -0.15) is 4.31 Å². The Bertz CT molecular complexity index is 1100. The van der Waals surface area contributed by atoms with Crippen LogP contribution in [0.2, 0.25) is 0 Å². The van der Waals surface area contributed by atoms with Gasteiger partial charge >= 0.3 is 0 Å². The number of hydrogen-bond donors (Lipinski definition) is 0. The quantitative estimate of drug-likeness (QED) is 0.634. The van der Waals surface area contributed by atoms with Gasteiger partial charge in [0.1, 0.15) is 5.75 Å². The van der Waals surface area contributed by atoms with Crippen molar-refractivity contribution in [3.63, 3.8) is 0 Å².